The predicted octanol–water partition coefficient (Wildman–Crippen LogP) is 6.39. The average Bonchev–Trinajstić information content (AvgIpc) is 2.72. The van der Waals surface area contributed by atoms with Crippen molar-refractivity contribution in [2.24, 2.45) is 0 Å². The van der Waals surface area contributed by atoms with Crippen LogP contribution >= 0.6 is 0 Å². The molecule has 0 radical (unpaired) electrons. The number of rotatable bonds is 20. The second kappa shape index (κ2) is 20.1. The lowest BCUT2D eigenvalue weighted by atomic mass is 10.0. The van der Waals surface area contributed by atoms with E-state index in [1.165, 1.54) is 83.5 Å². The highest BCUT2D eigenvalue weighted by Crippen LogP contribution is 2.14. The van der Waals surface area contributed by atoms with Crippen LogP contribution in [0.5, 0.6) is 0 Å². The van der Waals surface area contributed by atoms with Crippen molar-refractivity contribution in [2.45, 2.75) is 128 Å². The van der Waals surface area contributed by atoms with Crippen LogP contribution in [0.15, 0.2) is 0 Å². The first-order valence-electron chi connectivity index (χ1n) is 12.3. The molecule has 1 fully saturated rings. The summed E-state index contributed by atoms with van der Waals surface area (Å²) in [4.78, 5) is 0. The summed E-state index contributed by atoms with van der Waals surface area (Å²) >= 11 is 0. The Morgan fingerprint density at radius 3 is 1.89 bits per heavy atom. The zero-order valence-electron chi connectivity index (χ0n) is 18.7. The van der Waals surface area contributed by atoms with Gasteiger partial charge in [-0.15, -0.1) is 0 Å². The van der Waals surface area contributed by atoms with Crippen molar-refractivity contribution in [1.82, 2.24) is 0 Å². The van der Waals surface area contributed by atoms with Gasteiger partial charge in [-0.3, -0.25) is 0 Å². The van der Waals surface area contributed by atoms with Gasteiger partial charge < -0.3 is 19.3 Å². The molecule has 0 amide bonds. The third-order valence-electron chi connectivity index (χ3n) is 5.56. The summed E-state index contributed by atoms with van der Waals surface area (Å²) in [5.74, 6) is 0. The van der Waals surface area contributed by atoms with Gasteiger partial charge in [-0.05, 0) is 25.7 Å². The van der Waals surface area contributed by atoms with Crippen LogP contribution in [-0.2, 0) is 14.2 Å². The maximum absolute atomic E-state index is 9.89. The topological polar surface area (TPSA) is 47.9 Å². The van der Waals surface area contributed by atoms with Crippen LogP contribution in [0.3, 0.4) is 0 Å². The second-order valence-corrected chi connectivity index (χ2v) is 8.45. The molecule has 0 saturated carbocycles. The van der Waals surface area contributed by atoms with E-state index in [1.807, 2.05) is 0 Å². The van der Waals surface area contributed by atoms with Crippen LogP contribution in [0.2, 0.25) is 0 Å². The van der Waals surface area contributed by atoms with Crippen molar-refractivity contribution in [3.8, 4) is 0 Å². The molecule has 1 aliphatic heterocycles. The zero-order chi connectivity index (χ0) is 20.1. The highest BCUT2D eigenvalue weighted by atomic mass is 16.7. The zero-order valence-corrected chi connectivity index (χ0v) is 18.7. The molecule has 0 aliphatic carbocycles. The lowest BCUT2D eigenvalue weighted by molar-refractivity contribution is -0.179. The summed E-state index contributed by atoms with van der Waals surface area (Å²) in [7, 11) is 0. The van der Waals surface area contributed by atoms with Crippen LogP contribution in [-0.4, -0.2) is 43.9 Å². The largest absolute Gasteiger partial charge is 0.388 e. The van der Waals surface area contributed by atoms with Crippen molar-refractivity contribution in [1.29, 1.82) is 0 Å². The van der Waals surface area contributed by atoms with Gasteiger partial charge in [0.05, 0.1) is 13.2 Å². The number of aliphatic hydroxyl groups is 1. The van der Waals surface area contributed by atoms with E-state index in [1.54, 1.807) is 0 Å². The molecule has 0 bridgehead atoms. The molecular formula is C24H48O4. The molecule has 1 unspecified atom stereocenters. The number of ether oxygens (including phenoxy) is 3. The Bertz CT molecular complexity index is 305. The van der Waals surface area contributed by atoms with Gasteiger partial charge in [0.15, 0.2) is 6.29 Å². The molecular weight excluding hydrogens is 352 g/mol. The van der Waals surface area contributed by atoms with Crippen molar-refractivity contribution in [3.05, 3.63) is 0 Å². The molecule has 1 aliphatic rings. The van der Waals surface area contributed by atoms with E-state index in [4.69, 9.17) is 14.2 Å². The summed E-state index contributed by atoms with van der Waals surface area (Å²) in [6.45, 7) is 4.47. The van der Waals surface area contributed by atoms with E-state index in [9.17, 15) is 5.11 Å². The molecule has 168 valence electrons. The van der Waals surface area contributed by atoms with Crippen LogP contribution in [0.25, 0.3) is 0 Å². The van der Waals surface area contributed by atoms with E-state index >= 15 is 0 Å². The fraction of sp³-hybridized carbons (Fsp3) is 1.00. The van der Waals surface area contributed by atoms with Crippen molar-refractivity contribution < 1.29 is 19.3 Å². The summed E-state index contributed by atoms with van der Waals surface area (Å²) < 4.78 is 16.6. The molecule has 28 heavy (non-hydrogen) atoms. The Morgan fingerprint density at radius 1 is 0.786 bits per heavy atom. The van der Waals surface area contributed by atoms with Crippen LogP contribution < -0.4 is 0 Å². The molecule has 1 rings (SSSR count). The fourth-order valence-corrected chi connectivity index (χ4v) is 3.73. The smallest absolute Gasteiger partial charge is 0.157 e. The molecule has 0 aromatic rings. The first kappa shape index (κ1) is 25.9. The monoisotopic (exact) mass is 400 g/mol. The van der Waals surface area contributed by atoms with Gasteiger partial charge in [-0.1, -0.05) is 90.4 Å². The molecule has 0 aromatic carbocycles. The van der Waals surface area contributed by atoms with E-state index in [0.29, 0.717) is 13.2 Å². The first-order valence-corrected chi connectivity index (χ1v) is 12.3. The number of hydrogen-bond donors (Lipinski definition) is 1. The van der Waals surface area contributed by atoms with Gasteiger partial charge in [0.1, 0.15) is 6.10 Å². The minimum Gasteiger partial charge on any atom is -0.388 e. The molecule has 4 nitrogen and oxygen atoms in total. The first-order chi connectivity index (χ1) is 13.8. The lowest BCUT2D eigenvalue weighted by Gasteiger charge is -2.23. The van der Waals surface area contributed by atoms with Crippen LogP contribution in [0, 0.1) is 0 Å². The number of unbranched alkanes of at least 4 members (excludes halogenated alkanes) is 13. The highest BCUT2D eigenvalue weighted by Gasteiger charge is 2.15. The van der Waals surface area contributed by atoms with Gasteiger partial charge in [0.25, 0.3) is 0 Å². The Balaban J connectivity index is 1.71. The van der Waals surface area contributed by atoms with Gasteiger partial charge in [0, 0.05) is 13.2 Å². The number of aliphatic hydroxyl groups excluding tert-OH is 1. The van der Waals surface area contributed by atoms with E-state index in [-0.39, 0.29) is 6.29 Å². The van der Waals surface area contributed by atoms with Gasteiger partial charge >= 0.3 is 0 Å². The van der Waals surface area contributed by atoms with E-state index in [0.717, 1.165) is 38.9 Å². The molecule has 0 aromatic heterocycles. The molecule has 0 spiro atoms. The lowest BCUT2D eigenvalue weighted by Crippen LogP contribution is -2.29. The summed E-state index contributed by atoms with van der Waals surface area (Å²) in [6, 6.07) is 0. The summed E-state index contributed by atoms with van der Waals surface area (Å²) in [5.41, 5.74) is 0. The molecule has 2 atom stereocenters. The summed E-state index contributed by atoms with van der Waals surface area (Å²) in [6.07, 6.45) is 21.7. The third kappa shape index (κ3) is 16.8. The Morgan fingerprint density at radius 2 is 1.36 bits per heavy atom. The van der Waals surface area contributed by atoms with E-state index in [2.05, 4.69) is 6.92 Å². The maximum Gasteiger partial charge on any atom is 0.157 e. The predicted molar refractivity (Wildman–Crippen MR) is 117 cm³/mol. The molecule has 1 N–H and O–H groups in total. The van der Waals surface area contributed by atoms with Gasteiger partial charge in [-0.2, -0.15) is 0 Å². The normalized spacial score (nSPS) is 18.4. The standard InChI is InChI=1S/C24H48O4/c1-2-3-4-5-6-7-8-9-10-11-12-13-14-16-19-26-21-23(25)22-28-24-18-15-17-20-27-24/h23-25H,2-22H2,1H3/t23-,24?/m0/s1. The summed E-state index contributed by atoms with van der Waals surface area (Å²) in [5, 5.41) is 9.89. The Labute approximate surface area is 174 Å². The minimum absolute atomic E-state index is 0.130. The SMILES string of the molecule is CCCCCCCCCCCCCCCCOC[C@H](O)COC1CCCCO1. The quantitative estimate of drug-likeness (QED) is 0.241. The van der Waals surface area contributed by atoms with Gasteiger partial charge in [-0.25, -0.2) is 0 Å². The third-order valence-corrected chi connectivity index (χ3v) is 5.56. The number of hydrogen-bond acceptors (Lipinski definition) is 4. The Hall–Kier alpha value is -0.160. The van der Waals surface area contributed by atoms with Gasteiger partial charge in [0.2, 0.25) is 0 Å². The molecule has 4 heteroatoms. The Kier molecular flexibility index (Phi) is 18.6. The van der Waals surface area contributed by atoms with Crippen molar-refractivity contribution >= 4 is 0 Å². The van der Waals surface area contributed by atoms with E-state index < -0.39 is 6.10 Å². The second-order valence-electron chi connectivity index (χ2n) is 8.45. The van der Waals surface area contributed by atoms with Crippen LogP contribution in [0.4, 0.5) is 0 Å². The maximum atomic E-state index is 9.89. The van der Waals surface area contributed by atoms with Crippen molar-refractivity contribution in [2.75, 3.05) is 26.4 Å². The fourth-order valence-electron chi connectivity index (χ4n) is 3.73. The van der Waals surface area contributed by atoms with Crippen molar-refractivity contribution in [3.63, 3.8) is 0 Å². The average molecular weight is 401 g/mol. The molecule has 1 heterocycles. The minimum atomic E-state index is -0.544. The molecule has 1 saturated heterocycles. The van der Waals surface area contributed by atoms with Crippen LogP contribution in [0.1, 0.15) is 116 Å². The highest BCUT2D eigenvalue weighted by molar-refractivity contribution is 4.57.